The molecule has 1 N–H and O–H groups in total. The zero-order valence-electron chi connectivity index (χ0n) is 16.0. The molecule has 7 heteroatoms. The second-order valence-electron chi connectivity index (χ2n) is 6.92. The summed E-state index contributed by atoms with van der Waals surface area (Å²) >= 11 is 0. The molecule has 146 valence electrons. The van der Waals surface area contributed by atoms with E-state index in [4.69, 9.17) is 9.47 Å². The predicted octanol–water partition coefficient (Wildman–Crippen LogP) is 2.46. The summed E-state index contributed by atoms with van der Waals surface area (Å²) in [6, 6.07) is 5.84. The molecular weight excluding hydrogens is 349 g/mol. The van der Waals surface area contributed by atoms with Crippen molar-refractivity contribution in [1.82, 2.24) is 15.1 Å². The summed E-state index contributed by atoms with van der Waals surface area (Å²) in [6.07, 6.45) is 1.36. The molecule has 1 saturated heterocycles. The minimum absolute atomic E-state index is 0.0302. The Balaban J connectivity index is 1.57. The molecule has 1 aromatic carbocycles. The average molecular weight is 375 g/mol. The molecule has 2 aromatic rings. The highest BCUT2D eigenvalue weighted by molar-refractivity contribution is 5.76. The summed E-state index contributed by atoms with van der Waals surface area (Å²) in [4.78, 5) is 12.5. The Morgan fingerprint density at radius 3 is 2.96 bits per heavy atom. The van der Waals surface area contributed by atoms with Crippen molar-refractivity contribution in [1.29, 1.82) is 0 Å². The van der Waals surface area contributed by atoms with Gasteiger partial charge in [0, 0.05) is 31.8 Å². The van der Waals surface area contributed by atoms with Crippen molar-refractivity contribution in [3.63, 3.8) is 0 Å². The van der Waals surface area contributed by atoms with Crippen molar-refractivity contribution in [3.05, 3.63) is 47.0 Å². The molecule has 6 nitrogen and oxygen atoms in total. The van der Waals surface area contributed by atoms with E-state index in [0.29, 0.717) is 38.2 Å². The van der Waals surface area contributed by atoms with Crippen LogP contribution in [0.2, 0.25) is 0 Å². The van der Waals surface area contributed by atoms with Gasteiger partial charge in [-0.3, -0.25) is 9.48 Å². The molecule has 1 aliphatic rings. The molecule has 1 aromatic heterocycles. The fraction of sp³-hybridized carbons (Fsp3) is 0.500. The Morgan fingerprint density at radius 2 is 2.26 bits per heavy atom. The molecule has 0 unspecified atom stereocenters. The zero-order valence-corrected chi connectivity index (χ0v) is 16.0. The van der Waals surface area contributed by atoms with E-state index < -0.39 is 0 Å². The number of nitrogens with zero attached hydrogens (tertiary/aromatic N) is 2. The summed E-state index contributed by atoms with van der Waals surface area (Å²) in [5.41, 5.74) is 3.16. The smallest absolute Gasteiger partial charge is 0.220 e. The van der Waals surface area contributed by atoms with E-state index in [1.54, 1.807) is 12.1 Å². The topological polar surface area (TPSA) is 65.4 Å². The van der Waals surface area contributed by atoms with E-state index in [1.165, 1.54) is 12.1 Å². The number of hydrogen-bond donors (Lipinski definition) is 1. The first-order chi connectivity index (χ1) is 12.9. The number of halogens is 1. The number of carbonyl (C=O) groups is 1. The maximum Gasteiger partial charge on any atom is 0.220 e. The van der Waals surface area contributed by atoms with Gasteiger partial charge < -0.3 is 14.8 Å². The van der Waals surface area contributed by atoms with Gasteiger partial charge in [-0.2, -0.15) is 5.10 Å². The average Bonchev–Trinajstić information content (AvgIpc) is 2.87. The molecule has 2 atom stereocenters. The quantitative estimate of drug-likeness (QED) is 0.842. The lowest BCUT2D eigenvalue weighted by molar-refractivity contribution is -0.123. The third kappa shape index (κ3) is 4.86. The Labute approximate surface area is 158 Å². The molecule has 27 heavy (non-hydrogen) atoms. The number of aromatic nitrogens is 2. The molecule has 2 heterocycles. The fourth-order valence-electron chi connectivity index (χ4n) is 3.40. The lowest BCUT2D eigenvalue weighted by atomic mass is 10.0. The Hall–Kier alpha value is -2.41. The number of aryl methyl sites for hydroxylation is 2. The van der Waals surface area contributed by atoms with Gasteiger partial charge in [0.15, 0.2) is 0 Å². The lowest BCUT2D eigenvalue weighted by Crippen LogP contribution is -2.51. The van der Waals surface area contributed by atoms with E-state index in [2.05, 4.69) is 10.4 Å². The molecule has 3 rings (SSSR count). The first-order valence-corrected chi connectivity index (χ1v) is 9.22. The van der Waals surface area contributed by atoms with Crippen LogP contribution in [0.3, 0.4) is 0 Å². The molecule has 0 saturated carbocycles. The number of nitrogens with one attached hydrogen (secondary N) is 1. The van der Waals surface area contributed by atoms with Crippen LogP contribution in [0.4, 0.5) is 4.39 Å². The number of amides is 1. The van der Waals surface area contributed by atoms with Crippen LogP contribution in [-0.4, -0.2) is 41.0 Å². The minimum Gasteiger partial charge on any atom is -0.486 e. The van der Waals surface area contributed by atoms with Crippen molar-refractivity contribution >= 4 is 5.91 Å². The van der Waals surface area contributed by atoms with Gasteiger partial charge in [0.25, 0.3) is 0 Å². The largest absolute Gasteiger partial charge is 0.486 e. The summed E-state index contributed by atoms with van der Waals surface area (Å²) in [5.74, 6) is 0.0516. The highest BCUT2D eigenvalue weighted by atomic mass is 19.1. The summed E-state index contributed by atoms with van der Waals surface area (Å²) in [7, 11) is 1.91. The lowest BCUT2D eigenvalue weighted by Gasteiger charge is -2.32. The van der Waals surface area contributed by atoms with Gasteiger partial charge in [0.2, 0.25) is 5.91 Å². The SMILES string of the molecule is Cc1nn(C)c(C)c1CCC(=O)N[C@@H]1CCOC[C@H]1Oc1cccc(F)c1. The normalized spacial score (nSPS) is 19.7. The maximum atomic E-state index is 13.4. The molecule has 0 aliphatic carbocycles. The van der Waals surface area contributed by atoms with Crippen LogP contribution in [-0.2, 0) is 23.0 Å². The van der Waals surface area contributed by atoms with Crippen molar-refractivity contribution in [2.24, 2.45) is 7.05 Å². The Bertz CT molecular complexity index is 806. The van der Waals surface area contributed by atoms with Crippen LogP contribution in [0.1, 0.15) is 29.8 Å². The predicted molar refractivity (Wildman–Crippen MR) is 99.2 cm³/mol. The monoisotopic (exact) mass is 375 g/mol. The molecule has 1 amide bonds. The molecule has 0 bridgehead atoms. The summed E-state index contributed by atoms with van der Waals surface area (Å²) in [5, 5.41) is 7.44. The number of benzene rings is 1. The summed E-state index contributed by atoms with van der Waals surface area (Å²) in [6.45, 7) is 4.90. The number of hydrogen-bond acceptors (Lipinski definition) is 4. The van der Waals surface area contributed by atoms with Gasteiger partial charge in [0.05, 0.1) is 18.3 Å². The minimum atomic E-state index is -0.355. The highest BCUT2D eigenvalue weighted by Crippen LogP contribution is 2.19. The van der Waals surface area contributed by atoms with E-state index in [-0.39, 0.29) is 23.9 Å². The van der Waals surface area contributed by atoms with Crippen LogP contribution in [0.25, 0.3) is 0 Å². The van der Waals surface area contributed by atoms with Gasteiger partial charge in [0.1, 0.15) is 17.7 Å². The number of rotatable bonds is 6. The van der Waals surface area contributed by atoms with Crippen LogP contribution in [0, 0.1) is 19.7 Å². The zero-order chi connectivity index (χ0) is 19.4. The van der Waals surface area contributed by atoms with E-state index in [0.717, 1.165) is 17.0 Å². The summed E-state index contributed by atoms with van der Waals surface area (Å²) < 4.78 is 26.5. The Kier molecular flexibility index (Phi) is 6.11. The first kappa shape index (κ1) is 19.4. The molecule has 1 fully saturated rings. The third-order valence-corrected chi connectivity index (χ3v) is 4.99. The van der Waals surface area contributed by atoms with Crippen LogP contribution < -0.4 is 10.1 Å². The Morgan fingerprint density at radius 1 is 1.44 bits per heavy atom. The second kappa shape index (κ2) is 8.52. The van der Waals surface area contributed by atoms with Crippen LogP contribution >= 0.6 is 0 Å². The third-order valence-electron chi connectivity index (χ3n) is 4.99. The maximum absolute atomic E-state index is 13.4. The van der Waals surface area contributed by atoms with Crippen molar-refractivity contribution in [2.45, 2.75) is 45.3 Å². The molecule has 1 aliphatic heterocycles. The van der Waals surface area contributed by atoms with Gasteiger partial charge >= 0.3 is 0 Å². The van der Waals surface area contributed by atoms with E-state index in [9.17, 15) is 9.18 Å². The van der Waals surface area contributed by atoms with Gasteiger partial charge in [-0.05, 0) is 44.4 Å². The van der Waals surface area contributed by atoms with E-state index >= 15 is 0 Å². The van der Waals surface area contributed by atoms with Crippen molar-refractivity contribution < 1.29 is 18.7 Å². The van der Waals surface area contributed by atoms with E-state index in [1.807, 2.05) is 25.6 Å². The van der Waals surface area contributed by atoms with Crippen LogP contribution in [0.15, 0.2) is 24.3 Å². The van der Waals surface area contributed by atoms with Gasteiger partial charge in [-0.1, -0.05) is 6.07 Å². The first-order valence-electron chi connectivity index (χ1n) is 9.22. The molecule has 0 radical (unpaired) electrons. The number of ether oxygens (including phenoxy) is 2. The van der Waals surface area contributed by atoms with Crippen molar-refractivity contribution in [3.8, 4) is 5.75 Å². The second-order valence-corrected chi connectivity index (χ2v) is 6.92. The highest BCUT2D eigenvalue weighted by Gasteiger charge is 2.29. The fourth-order valence-corrected chi connectivity index (χ4v) is 3.40. The number of carbonyl (C=O) groups excluding carboxylic acids is 1. The molecular formula is C20H26FN3O3. The molecule has 0 spiro atoms. The van der Waals surface area contributed by atoms with Gasteiger partial charge in [-0.15, -0.1) is 0 Å². The van der Waals surface area contributed by atoms with Gasteiger partial charge in [-0.25, -0.2) is 4.39 Å². The van der Waals surface area contributed by atoms with Crippen LogP contribution in [0.5, 0.6) is 5.75 Å². The standard InChI is InChI=1S/C20H26FN3O3/c1-13-17(14(2)24(3)23-13)7-8-20(25)22-18-9-10-26-12-19(18)27-16-6-4-5-15(21)11-16/h4-6,11,18-19H,7-10,12H2,1-3H3,(H,22,25)/t18-,19-/m1/s1. The van der Waals surface area contributed by atoms with Crippen molar-refractivity contribution in [2.75, 3.05) is 13.2 Å².